The van der Waals surface area contributed by atoms with Crippen molar-refractivity contribution in [2.24, 2.45) is 0 Å². The van der Waals surface area contributed by atoms with Gasteiger partial charge in [-0.25, -0.2) is 9.18 Å². The molecule has 0 aromatic heterocycles. The number of aromatic carboxylic acids is 1. The summed E-state index contributed by atoms with van der Waals surface area (Å²) in [5.74, 6) is -0.993. The number of halogens is 1. The van der Waals surface area contributed by atoms with Gasteiger partial charge in [0.2, 0.25) is 0 Å². The highest BCUT2D eigenvalue weighted by Crippen LogP contribution is 2.26. The van der Waals surface area contributed by atoms with Gasteiger partial charge in [-0.3, -0.25) is 0 Å². The lowest BCUT2D eigenvalue weighted by Gasteiger charge is -2.10. The number of carbonyl (C=O) groups is 1. The quantitative estimate of drug-likeness (QED) is 0.934. The van der Waals surface area contributed by atoms with Crippen LogP contribution < -0.4 is 4.74 Å². The number of carboxylic acid groups (broad SMARTS) is 1. The fourth-order valence-electron chi connectivity index (χ4n) is 2.67. The highest BCUT2D eigenvalue weighted by atomic mass is 19.1. The number of aryl methyl sites for hydroxylation is 2. The van der Waals surface area contributed by atoms with E-state index in [1.807, 2.05) is 12.1 Å². The van der Waals surface area contributed by atoms with Crippen molar-refractivity contribution in [3.63, 3.8) is 0 Å². The molecular weight excluding hydrogens is 271 g/mol. The van der Waals surface area contributed by atoms with Crippen LogP contribution in [0.5, 0.6) is 5.75 Å². The molecule has 0 heterocycles. The van der Waals surface area contributed by atoms with Gasteiger partial charge in [0.15, 0.2) is 0 Å². The van der Waals surface area contributed by atoms with Crippen LogP contribution in [-0.4, -0.2) is 11.1 Å². The molecule has 108 valence electrons. The summed E-state index contributed by atoms with van der Waals surface area (Å²) in [6, 6.07) is 9.67. The van der Waals surface area contributed by atoms with Gasteiger partial charge in [-0.1, -0.05) is 12.1 Å². The molecule has 0 aliphatic heterocycles. The summed E-state index contributed by atoms with van der Waals surface area (Å²) in [6.07, 6.45) is 3.33. The highest BCUT2D eigenvalue weighted by Gasteiger charge is 2.14. The van der Waals surface area contributed by atoms with Crippen molar-refractivity contribution >= 4 is 5.97 Å². The fourth-order valence-corrected chi connectivity index (χ4v) is 2.67. The standard InChI is InChI=1S/C17H15FO3/c18-14-6-4-13(16(9-14)17(19)20)10-21-15-7-5-11-2-1-3-12(11)8-15/h4-9H,1-3,10H2,(H,19,20). The summed E-state index contributed by atoms with van der Waals surface area (Å²) in [5.41, 5.74) is 3.06. The first-order valence-corrected chi connectivity index (χ1v) is 6.90. The molecule has 0 saturated carbocycles. The SMILES string of the molecule is O=C(O)c1cc(F)ccc1COc1ccc2c(c1)CCC2. The third kappa shape index (κ3) is 2.89. The second kappa shape index (κ2) is 5.56. The van der Waals surface area contributed by atoms with Gasteiger partial charge in [0.25, 0.3) is 0 Å². The molecule has 1 N–H and O–H groups in total. The molecule has 0 saturated heterocycles. The van der Waals surface area contributed by atoms with Crippen molar-refractivity contribution < 1.29 is 19.0 Å². The summed E-state index contributed by atoms with van der Waals surface area (Å²) in [4.78, 5) is 11.1. The van der Waals surface area contributed by atoms with E-state index in [1.165, 1.54) is 29.7 Å². The van der Waals surface area contributed by atoms with Crippen LogP contribution in [-0.2, 0) is 19.4 Å². The van der Waals surface area contributed by atoms with E-state index in [2.05, 4.69) is 6.07 Å². The molecule has 0 radical (unpaired) electrons. The largest absolute Gasteiger partial charge is 0.489 e. The highest BCUT2D eigenvalue weighted by molar-refractivity contribution is 5.89. The van der Waals surface area contributed by atoms with E-state index in [-0.39, 0.29) is 12.2 Å². The van der Waals surface area contributed by atoms with E-state index in [0.29, 0.717) is 5.56 Å². The Kier molecular flexibility index (Phi) is 3.60. The Hall–Kier alpha value is -2.36. The predicted molar refractivity (Wildman–Crippen MR) is 76.2 cm³/mol. The predicted octanol–water partition coefficient (Wildman–Crippen LogP) is 3.59. The molecule has 0 fully saturated rings. The van der Waals surface area contributed by atoms with Gasteiger partial charge in [-0.05, 0) is 54.7 Å². The zero-order chi connectivity index (χ0) is 14.8. The molecule has 0 unspecified atom stereocenters. The molecule has 3 rings (SSSR count). The lowest BCUT2D eigenvalue weighted by Crippen LogP contribution is -2.06. The second-order valence-electron chi connectivity index (χ2n) is 5.18. The molecular formula is C17H15FO3. The van der Waals surface area contributed by atoms with Gasteiger partial charge < -0.3 is 9.84 Å². The number of ether oxygens (including phenoxy) is 1. The monoisotopic (exact) mass is 286 g/mol. The first kappa shape index (κ1) is 13.6. The minimum Gasteiger partial charge on any atom is -0.489 e. The minimum absolute atomic E-state index is 0.0591. The van der Waals surface area contributed by atoms with Crippen LogP contribution in [0.25, 0.3) is 0 Å². The molecule has 3 nitrogen and oxygen atoms in total. The molecule has 0 amide bonds. The molecule has 0 bridgehead atoms. The Labute approximate surface area is 122 Å². The maximum atomic E-state index is 13.1. The van der Waals surface area contributed by atoms with Gasteiger partial charge in [-0.2, -0.15) is 0 Å². The summed E-state index contributed by atoms with van der Waals surface area (Å²) in [7, 11) is 0. The van der Waals surface area contributed by atoms with Gasteiger partial charge in [-0.15, -0.1) is 0 Å². The average Bonchev–Trinajstić information content (AvgIpc) is 2.93. The number of rotatable bonds is 4. The molecule has 1 aliphatic carbocycles. The number of hydrogen-bond acceptors (Lipinski definition) is 2. The molecule has 0 spiro atoms. The Morgan fingerprint density at radius 1 is 1.14 bits per heavy atom. The normalized spacial score (nSPS) is 13.0. The Balaban J connectivity index is 1.77. The lowest BCUT2D eigenvalue weighted by atomic mass is 10.1. The van der Waals surface area contributed by atoms with Gasteiger partial charge in [0, 0.05) is 5.56 Å². The van der Waals surface area contributed by atoms with Crippen molar-refractivity contribution in [3.05, 3.63) is 64.5 Å². The first-order valence-electron chi connectivity index (χ1n) is 6.90. The van der Waals surface area contributed by atoms with Crippen molar-refractivity contribution in [2.75, 3.05) is 0 Å². The van der Waals surface area contributed by atoms with Crippen LogP contribution in [0, 0.1) is 5.82 Å². The van der Waals surface area contributed by atoms with Crippen LogP contribution in [0.1, 0.15) is 33.5 Å². The Morgan fingerprint density at radius 3 is 2.76 bits per heavy atom. The number of hydrogen-bond donors (Lipinski definition) is 1. The maximum absolute atomic E-state index is 13.1. The van der Waals surface area contributed by atoms with E-state index in [0.717, 1.165) is 24.7 Å². The molecule has 21 heavy (non-hydrogen) atoms. The van der Waals surface area contributed by atoms with Gasteiger partial charge in [0.05, 0.1) is 5.56 Å². The summed E-state index contributed by atoms with van der Waals surface area (Å²) >= 11 is 0. The van der Waals surface area contributed by atoms with Crippen LogP contribution in [0.2, 0.25) is 0 Å². The summed E-state index contributed by atoms with van der Waals surface area (Å²) in [5, 5.41) is 9.09. The van der Waals surface area contributed by atoms with Crippen LogP contribution in [0.4, 0.5) is 4.39 Å². The average molecular weight is 286 g/mol. The molecule has 4 heteroatoms. The van der Waals surface area contributed by atoms with E-state index in [1.54, 1.807) is 0 Å². The molecule has 0 atom stereocenters. The lowest BCUT2D eigenvalue weighted by molar-refractivity contribution is 0.0693. The topological polar surface area (TPSA) is 46.5 Å². The molecule has 1 aliphatic rings. The Bertz CT molecular complexity index is 694. The molecule has 2 aromatic carbocycles. The van der Waals surface area contributed by atoms with Crippen molar-refractivity contribution in [2.45, 2.75) is 25.9 Å². The van der Waals surface area contributed by atoms with Crippen molar-refractivity contribution in [1.29, 1.82) is 0 Å². The maximum Gasteiger partial charge on any atom is 0.336 e. The number of benzene rings is 2. The zero-order valence-corrected chi connectivity index (χ0v) is 11.4. The van der Waals surface area contributed by atoms with Crippen molar-refractivity contribution in [3.8, 4) is 5.75 Å². The third-order valence-electron chi connectivity index (χ3n) is 3.77. The number of carboxylic acids is 1. The Morgan fingerprint density at radius 2 is 1.95 bits per heavy atom. The van der Waals surface area contributed by atoms with Crippen LogP contribution in [0.15, 0.2) is 36.4 Å². The van der Waals surface area contributed by atoms with Gasteiger partial charge in [0.1, 0.15) is 18.2 Å². The van der Waals surface area contributed by atoms with Crippen LogP contribution in [0.3, 0.4) is 0 Å². The summed E-state index contributed by atoms with van der Waals surface area (Å²) < 4.78 is 18.8. The van der Waals surface area contributed by atoms with E-state index in [4.69, 9.17) is 9.84 Å². The van der Waals surface area contributed by atoms with E-state index >= 15 is 0 Å². The van der Waals surface area contributed by atoms with Crippen molar-refractivity contribution in [1.82, 2.24) is 0 Å². The third-order valence-corrected chi connectivity index (χ3v) is 3.77. The van der Waals surface area contributed by atoms with Gasteiger partial charge >= 0.3 is 5.97 Å². The fraction of sp³-hybridized carbons (Fsp3) is 0.235. The first-order chi connectivity index (χ1) is 10.1. The van der Waals surface area contributed by atoms with E-state index < -0.39 is 11.8 Å². The smallest absolute Gasteiger partial charge is 0.336 e. The second-order valence-corrected chi connectivity index (χ2v) is 5.18. The van der Waals surface area contributed by atoms with Crippen LogP contribution >= 0.6 is 0 Å². The minimum atomic E-state index is -1.15. The van der Waals surface area contributed by atoms with E-state index in [9.17, 15) is 9.18 Å². The zero-order valence-electron chi connectivity index (χ0n) is 11.4. The summed E-state index contributed by atoms with van der Waals surface area (Å²) in [6.45, 7) is 0.112. The number of fused-ring (bicyclic) bond motifs is 1. The molecule has 2 aromatic rings.